The first-order valence-corrected chi connectivity index (χ1v) is 20.0. The summed E-state index contributed by atoms with van der Waals surface area (Å²) in [6.07, 6.45) is 1.42. The number of alkyl carbamates (subject to hydrolysis) is 1. The van der Waals surface area contributed by atoms with Crippen LogP contribution in [-0.2, 0) is 35.1 Å². The highest BCUT2D eigenvalue weighted by atomic mass is 16.6. The van der Waals surface area contributed by atoms with Gasteiger partial charge in [-0.05, 0) is 79.7 Å². The second-order valence-corrected chi connectivity index (χ2v) is 16.5. The summed E-state index contributed by atoms with van der Waals surface area (Å²) in [4.78, 5) is 70.4. The van der Waals surface area contributed by atoms with Gasteiger partial charge in [0, 0.05) is 18.9 Å². The van der Waals surface area contributed by atoms with Gasteiger partial charge in [-0.1, -0.05) is 113 Å². The van der Waals surface area contributed by atoms with Crippen molar-refractivity contribution < 1.29 is 33.4 Å². The SMILES string of the molecule is CC[C@H](C)[C@H](NC(=O)[C@H](Cc1ccccc1)NC(=O)OCC1c2ccccc2-c2ccccc21)C(=O)N[C@@H](CC(C)C)C(=O)N1CCC[C@H]1C(=O)OC(C)(C)C. The number of ether oxygens (including phenoxy) is 2. The standard InChI is InChI=1S/C45H58N4O7/c1-8-29(4)39(41(51)46-37(25-28(2)3)42(52)49-24-16-23-38(49)43(53)56-45(5,6)7)48-40(50)36(26-30-17-10-9-11-18-30)47-44(54)55-27-35-33-21-14-12-19-31(33)32-20-13-15-22-34(32)35/h9-15,17-22,28-29,35-39H,8,16,23-27H2,1-7H3,(H,46,51)(H,47,54)(H,48,50)/t29-,36-,37-,38-,39-/m0/s1. The van der Waals surface area contributed by atoms with Crippen LogP contribution in [0.15, 0.2) is 78.9 Å². The fourth-order valence-corrected chi connectivity index (χ4v) is 7.60. The second kappa shape index (κ2) is 18.6. The minimum atomic E-state index is -1.07. The van der Waals surface area contributed by atoms with Gasteiger partial charge in [0.1, 0.15) is 36.4 Å². The number of likely N-dealkylation sites (tertiary alicyclic amines) is 1. The van der Waals surface area contributed by atoms with E-state index in [4.69, 9.17) is 9.47 Å². The predicted molar refractivity (Wildman–Crippen MR) is 215 cm³/mol. The van der Waals surface area contributed by atoms with E-state index in [1.165, 1.54) is 4.90 Å². The number of amides is 4. The molecule has 0 radical (unpaired) electrons. The van der Waals surface area contributed by atoms with E-state index >= 15 is 0 Å². The van der Waals surface area contributed by atoms with Gasteiger partial charge >= 0.3 is 12.1 Å². The summed E-state index contributed by atoms with van der Waals surface area (Å²) in [6.45, 7) is 13.5. The molecule has 3 aromatic carbocycles. The molecule has 1 aliphatic carbocycles. The van der Waals surface area contributed by atoms with Gasteiger partial charge in [-0.15, -0.1) is 0 Å². The van der Waals surface area contributed by atoms with E-state index in [2.05, 4.69) is 28.1 Å². The van der Waals surface area contributed by atoms with Gasteiger partial charge in [-0.2, -0.15) is 0 Å². The predicted octanol–water partition coefficient (Wildman–Crippen LogP) is 6.53. The molecule has 11 heteroatoms. The Kier molecular flexibility index (Phi) is 14.0. The van der Waals surface area contributed by atoms with E-state index in [0.29, 0.717) is 32.2 Å². The number of hydrogen-bond donors (Lipinski definition) is 3. The molecule has 4 amide bonds. The number of nitrogens with zero attached hydrogens (tertiary/aromatic N) is 1. The van der Waals surface area contributed by atoms with E-state index in [9.17, 15) is 24.0 Å². The van der Waals surface area contributed by atoms with E-state index < -0.39 is 53.6 Å². The van der Waals surface area contributed by atoms with E-state index in [1.807, 2.05) is 94.4 Å². The Balaban J connectivity index is 1.30. The Labute approximate surface area is 331 Å². The average molecular weight is 767 g/mol. The van der Waals surface area contributed by atoms with Crippen molar-refractivity contribution in [1.29, 1.82) is 0 Å². The lowest BCUT2D eigenvalue weighted by Gasteiger charge is -2.32. The average Bonchev–Trinajstić information content (AvgIpc) is 3.78. The molecule has 1 aliphatic heterocycles. The zero-order valence-electron chi connectivity index (χ0n) is 33.8. The number of hydrogen-bond acceptors (Lipinski definition) is 7. The van der Waals surface area contributed by atoms with Crippen molar-refractivity contribution >= 4 is 29.8 Å². The Morgan fingerprint density at radius 2 is 1.39 bits per heavy atom. The summed E-state index contributed by atoms with van der Waals surface area (Å²) in [7, 11) is 0. The lowest BCUT2D eigenvalue weighted by atomic mass is 9.95. The Morgan fingerprint density at radius 3 is 1.98 bits per heavy atom. The van der Waals surface area contributed by atoms with Gasteiger partial charge in [-0.25, -0.2) is 9.59 Å². The topological polar surface area (TPSA) is 143 Å². The van der Waals surface area contributed by atoms with Gasteiger partial charge in [-0.3, -0.25) is 14.4 Å². The maximum atomic E-state index is 14.2. The van der Waals surface area contributed by atoms with Crippen molar-refractivity contribution in [3.63, 3.8) is 0 Å². The van der Waals surface area contributed by atoms with Gasteiger partial charge < -0.3 is 30.3 Å². The number of fused-ring (bicyclic) bond motifs is 3. The van der Waals surface area contributed by atoms with Crippen molar-refractivity contribution in [2.45, 2.75) is 116 Å². The minimum absolute atomic E-state index is 0.0418. The molecule has 2 aliphatic rings. The van der Waals surface area contributed by atoms with Crippen LogP contribution >= 0.6 is 0 Å². The number of rotatable bonds is 15. The van der Waals surface area contributed by atoms with Crippen LogP contribution in [0.5, 0.6) is 0 Å². The van der Waals surface area contributed by atoms with Gasteiger partial charge in [0.25, 0.3) is 0 Å². The molecule has 1 fully saturated rings. The molecule has 300 valence electrons. The molecule has 0 spiro atoms. The third kappa shape index (κ3) is 10.6. The lowest BCUT2D eigenvalue weighted by molar-refractivity contribution is -0.163. The van der Waals surface area contributed by atoms with Crippen LogP contribution in [0.3, 0.4) is 0 Å². The summed E-state index contributed by atoms with van der Waals surface area (Å²) < 4.78 is 11.4. The number of benzene rings is 3. The quantitative estimate of drug-likeness (QED) is 0.149. The van der Waals surface area contributed by atoms with Gasteiger partial charge in [0.15, 0.2) is 0 Å². The first-order chi connectivity index (χ1) is 26.7. The molecule has 5 atom stereocenters. The minimum Gasteiger partial charge on any atom is -0.458 e. The molecule has 56 heavy (non-hydrogen) atoms. The Hall–Kier alpha value is -5.19. The fourth-order valence-electron chi connectivity index (χ4n) is 7.60. The van der Waals surface area contributed by atoms with Crippen LogP contribution in [0.4, 0.5) is 4.79 Å². The van der Waals surface area contributed by atoms with E-state index in [0.717, 1.165) is 27.8 Å². The van der Waals surface area contributed by atoms with Crippen LogP contribution < -0.4 is 16.0 Å². The zero-order valence-corrected chi connectivity index (χ0v) is 33.8. The maximum absolute atomic E-state index is 14.2. The van der Waals surface area contributed by atoms with Crippen LogP contribution in [0.1, 0.15) is 96.8 Å². The number of carbonyl (C=O) groups excluding carboxylic acids is 5. The Bertz CT molecular complexity index is 1810. The summed E-state index contributed by atoms with van der Waals surface area (Å²) in [5.74, 6) is -2.32. The summed E-state index contributed by atoms with van der Waals surface area (Å²) in [5, 5.41) is 8.64. The first kappa shape index (κ1) is 42.0. The molecule has 0 bridgehead atoms. The highest BCUT2D eigenvalue weighted by Gasteiger charge is 2.41. The second-order valence-electron chi connectivity index (χ2n) is 16.5. The lowest BCUT2D eigenvalue weighted by Crippen LogP contribution is -2.59. The molecule has 0 aromatic heterocycles. The first-order valence-electron chi connectivity index (χ1n) is 20.0. The van der Waals surface area contributed by atoms with Crippen molar-refractivity contribution in [2.75, 3.05) is 13.2 Å². The van der Waals surface area contributed by atoms with Gasteiger partial charge in [0.2, 0.25) is 17.7 Å². The van der Waals surface area contributed by atoms with E-state index in [-0.39, 0.29) is 36.7 Å². The van der Waals surface area contributed by atoms with Crippen LogP contribution in [0.2, 0.25) is 0 Å². The largest absolute Gasteiger partial charge is 0.458 e. The van der Waals surface area contributed by atoms with Crippen molar-refractivity contribution in [1.82, 2.24) is 20.9 Å². The van der Waals surface area contributed by atoms with Crippen LogP contribution in [0, 0.1) is 11.8 Å². The van der Waals surface area contributed by atoms with Crippen molar-refractivity contribution in [2.24, 2.45) is 11.8 Å². The van der Waals surface area contributed by atoms with Crippen LogP contribution in [-0.4, -0.2) is 77.6 Å². The third-order valence-electron chi connectivity index (χ3n) is 10.6. The Morgan fingerprint density at radius 1 is 0.786 bits per heavy atom. The molecular formula is C45H58N4O7. The highest BCUT2D eigenvalue weighted by Crippen LogP contribution is 2.44. The van der Waals surface area contributed by atoms with Gasteiger partial charge in [0.05, 0.1) is 0 Å². The van der Waals surface area contributed by atoms with Crippen molar-refractivity contribution in [3.05, 3.63) is 95.6 Å². The zero-order chi connectivity index (χ0) is 40.6. The number of carbonyl (C=O) groups is 5. The molecule has 1 heterocycles. The monoisotopic (exact) mass is 766 g/mol. The normalized spacial score (nSPS) is 17.2. The van der Waals surface area contributed by atoms with Crippen molar-refractivity contribution in [3.8, 4) is 11.1 Å². The molecule has 11 nitrogen and oxygen atoms in total. The maximum Gasteiger partial charge on any atom is 0.407 e. The molecule has 0 saturated carbocycles. The third-order valence-corrected chi connectivity index (χ3v) is 10.6. The molecule has 1 saturated heterocycles. The number of nitrogens with one attached hydrogen (secondary N) is 3. The summed E-state index contributed by atoms with van der Waals surface area (Å²) in [6, 6.07) is 21.7. The summed E-state index contributed by atoms with van der Waals surface area (Å²) in [5.41, 5.74) is 4.45. The molecular weight excluding hydrogens is 709 g/mol. The molecule has 0 unspecified atom stereocenters. The van der Waals surface area contributed by atoms with E-state index in [1.54, 1.807) is 20.8 Å². The molecule has 3 aromatic rings. The molecule has 3 N–H and O–H groups in total. The highest BCUT2D eigenvalue weighted by molar-refractivity contribution is 5.95. The smallest absolute Gasteiger partial charge is 0.407 e. The summed E-state index contributed by atoms with van der Waals surface area (Å²) >= 11 is 0. The number of esters is 1. The fraction of sp³-hybridized carbons (Fsp3) is 0.489. The van der Waals surface area contributed by atoms with Crippen LogP contribution in [0.25, 0.3) is 11.1 Å². The molecule has 5 rings (SSSR count).